The molecule has 6 aromatic rings. The summed E-state index contributed by atoms with van der Waals surface area (Å²) in [6, 6.07) is 28.2. The van der Waals surface area contributed by atoms with Crippen LogP contribution in [0.15, 0.2) is 102 Å². The van der Waals surface area contributed by atoms with Crippen molar-refractivity contribution in [2.45, 2.75) is 64.5 Å². The molecule has 0 spiro atoms. The van der Waals surface area contributed by atoms with Crippen molar-refractivity contribution in [1.82, 2.24) is 25.3 Å². The summed E-state index contributed by atoms with van der Waals surface area (Å²) in [6.45, 7) is 12.7. The van der Waals surface area contributed by atoms with Gasteiger partial charge in [-0.15, -0.1) is 0 Å². The lowest BCUT2D eigenvalue weighted by Crippen LogP contribution is -2.43. The van der Waals surface area contributed by atoms with Crippen molar-refractivity contribution in [2.24, 2.45) is 0 Å². The molecule has 0 radical (unpaired) electrons. The van der Waals surface area contributed by atoms with Gasteiger partial charge in [-0.3, -0.25) is 10.1 Å². The minimum Gasteiger partial charge on any atom is -0.506 e. The Morgan fingerprint density at radius 3 is 2.51 bits per heavy atom. The van der Waals surface area contributed by atoms with Crippen molar-refractivity contribution in [3.63, 3.8) is 0 Å². The predicted octanol–water partition coefficient (Wildman–Crippen LogP) is 8.69. The summed E-state index contributed by atoms with van der Waals surface area (Å²) >= 11 is 0. The first-order valence-corrected chi connectivity index (χ1v) is 20.6. The number of nitrogens with zero attached hydrogens (tertiary/aromatic N) is 3. The van der Waals surface area contributed by atoms with E-state index < -0.39 is 14.4 Å². The summed E-state index contributed by atoms with van der Waals surface area (Å²) in [7, 11) is -2.21. The zero-order valence-corrected chi connectivity index (χ0v) is 31.7. The number of aromatic hydroxyl groups is 1. The summed E-state index contributed by atoms with van der Waals surface area (Å²) in [5.74, 6) is 0.0239. The number of aromatic amines is 1. The Labute approximate surface area is 309 Å². The molecule has 5 N–H and O–H groups in total. The van der Waals surface area contributed by atoms with Crippen LogP contribution >= 0.6 is 0 Å². The lowest BCUT2D eigenvalue weighted by Gasteiger charge is -2.39. The third-order valence-corrected chi connectivity index (χ3v) is 14.3. The van der Waals surface area contributed by atoms with Crippen molar-refractivity contribution >= 4 is 48.1 Å². The maximum atomic E-state index is 12.1. The molecule has 11 nitrogen and oxygen atoms in total. The highest BCUT2D eigenvalue weighted by Crippen LogP contribution is 2.41. The number of amides is 1. The number of phenols is 1. The largest absolute Gasteiger partial charge is 0.506 e. The Bertz CT molecular complexity index is 2330. The van der Waals surface area contributed by atoms with Crippen molar-refractivity contribution in [1.29, 1.82) is 0 Å². The van der Waals surface area contributed by atoms with Gasteiger partial charge in [-0.05, 0) is 77.1 Å². The van der Waals surface area contributed by atoms with Crippen molar-refractivity contribution in [3.8, 4) is 16.9 Å². The van der Waals surface area contributed by atoms with Gasteiger partial charge in [-0.2, -0.15) is 15.0 Å². The molecular weight excluding hydrogens is 685 g/mol. The van der Waals surface area contributed by atoms with Crippen LogP contribution in [0.3, 0.4) is 0 Å². The second kappa shape index (κ2) is 15.6. The lowest BCUT2D eigenvalue weighted by molar-refractivity contribution is 0.181. The molecular formula is C41H46N6O5Si. The first kappa shape index (κ1) is 37.2. The third kappa shape index (κ3) is 8.91. The molecule has 0 bridgehead atoms. The minimum absolute atomic E-state index is 0.0178. The number of carboxylic acid groups (broad SMARTS) is 1. The number of anilines is 1. The number of nitrogens with one attached hydrogen (secondary N) is 3. The number of benzene rings is 4. The highest BCUT2D eigenvalue weighted by Gasteiger charge is 2.39. The molecule has 0 aliphatic heterocycles. The highest BCUT2D eigenvalue weighted by molar-refractivity contribution is 6.74. The van der Waals surface area contributed by atoms with Crippen LogP contribution < -0.4 is 16.2 Å². The van der Waals surface area contributed by atoms with E-state index in [1.165, 1.54) is 6.07 Å². The van der Waals surface area contributed by atoms with E-state index in [1.807, 2.05) is 84.9 Å². The normalized spacial score (nSPS) is 12.8. The molecule has 0 aliphatic carbocycles. The van der Waals surface area contributed by atoms with Gasteiger partial charge in [0.1, 0.15) is 16.8 Å². The number of rotatable bonds is 13. The number of allylic oxidation sites excluding steroid dienone is 1. The number of hydrogen-bond acceptors (Lipinski definition) is 7. The number of hydrogen-bond donors (Lipinski definition) is 5. The SMILES string of the molecule is CC(C)(C)[Si](C)(C)OC(CNCc1ccc2nn(CC/C=C/c3ccc(-c4ccccc4)c(NC(=O)O)c3)nc2c1)c1ccc(O)c2[nH]c(=O)ccc12. The molecule has 53 heavy (non-hydrogen) atoms. The third-order valence-electron chi connectivity index (χ3n) is 9.82. The number of aryl methyl sites for hydroxylation is 1. The molecule has 274 valence electrons. The molecule has 1 amide bonds. The average molecular weight is 731 g/mol. The number of H-pyrrole nitrogens is 1. The van der Waals surface area contributed by atoms with E-state index in [0.717, 1.165) is 44.2 Å². The topological polar surface area (TPSA) is 154 Å². The van der Waals surface area contributed by atoms with Crippen LogP contribution in [-0.2, 0) is 17.5 Å². The van der Waals surface area contributed by atoms with Crippen LogP contribution in [-0.4, -0.2) is 51.1 Å². The quantitative estimate of drug-likeness (QED) is 0.0740. The summed E-state index contributed by atoms with van der Waals surface area (Å²) < 4.78 is 6.94. The molecule has 0 fully saturated rings. The van der Waals surface area contributed by atoms with E-state index in [0.29, 0.717) is 37.3 Å². The first-order chi connectivity index (χ1) is 25.3. The van der Waals surface area contributed by atoms with E-state index in [4.69, 9.17) is 9.52 Å². The molecule has 0 saturated carbocycles. The van der Waals surface area contributed by atoms with Crippen molar-refractivity contribution in [3.05, 3.63) is 124 Å². The summed E-state index contributed by atoms with van der Waals surface area (Å²) in [5, 5.41) is 36.1. The number of pyridine rings is 1. The van der Waals surface area contributed by atoms with E-state index in [1.54, 1.807) is 16.9 Å². The number of phenolic OH excluding ortho intramolecular Hbond substituents is 1. The van der Waals surface area contributed by atoms with Gasteiger partial charge in [0.2, 0.25) is 5.56 Å². The van der Waals surface area contributed by atoms with Gasteiger partial charge in [0.25, 0.3) is 0 Å². The average Bonchev–Trinajstić information content (AvgIpc) is 3.52. The summed E-state index contributed by atoms with van der Waals surface area (Å²) in [5.41, 5.74) is 6.86. The van der Waals surface area contributed by atoms with Gasteiger partial charge in [-0.1, -0.05) is 87.5 Å². The molecule has 2 heterocycles. The number of fused-ring (bicyclic) bond motifs is 2. The molecule has 0 aliphatic rings. The lowest BCUT2D eigenvalue weighted by atomic mass is 10.0. The maximum Gasteiger partial charge on any atom is 0.409 e. The van der Waals surface area contributed by atoms with E-state index in [9.17, 15) is 19.8 Å². The van der Waals surface area contributed by atoms with Gasteiger partial charge in [0, 0.05) is 30.1 Å². The molecule has 4 aromatic carbocycles. The van der Waals surface area contributed by atoms with E-state index in [-0.39, 0.29) is 22.5 Å². The van der Waals surface area contributed by atoms with Crippen LogP contribution in [0, 0.1) is 0 Å². The standard InChI is InChI=1S/C41H46N6O5Si/c1-41(2,3)53(4,5)52-37(31-17-20-36(48)39-32(31)18-21-38(49)44-39)26-42-25-28-15-19-33-35(24-28)46-47(45-33)22-10-9-11-27-14-16-30(29-12-7-6-8-13-29)34(23-27)43-40(50)51/h6-9,11-21,23-24,37,42-43,48H,10,22,25-26H2,1-5H3,(H,44,49)(H,50,51)/b11-9+. The van der Waals surface area contributed by atoms with Crippen LogP contribution in [0.2, 0.25) is 18.1 Å². The smallest absolute Gasteiger partial charge is 0.409 e. The molecule has 2 aromatic heterocycles. The molecule has 6 rings (SSSR count). The Kier molecular flexibility index (Phi) is 10.9. The van der Waals surface area contributed by atoms with Gasteiger partial charge in [0.15, 0.2) is 8.32 Å². The first-order valence-electron chi connectivity index (χ1n) is 17.7. The Morgan fingerprint density at radius 1 is 0.981 bits per heavy atom. The van der Waals surface area contributed by atoms with Gasteiger partial charge >= 0.3 is 6.09 Å². The van der Waals surface area contributed by atoms with Gasteiger partial charge < -0.3 is 24.9 Å². The molecule has 12 heteroatoms. The van der Waals surface area contributed by atoms with E-state index in [2.05, 4.69) is 54.6 Å². The summed E-state index contributed by atoms with van der Waals surface area (Å²) in [6.07, 6.45) is 3.26. The Balaban J connectivity index is 1.11. The number of carbonyl (C=O) groups is 1. The fraction of sp³-hybridized carbons (Fsp3) is 0.268. The predicted molar refractivity (Wildman–Crippen MR) is 214 cm³/mol. The monoisotopic (exact) mass is 730 g/mol. The van der Waals surface area contributed by atoms with E-state index >= 15 is 0 Å². The van der Waals surface area contributed by atoms with Crippen LogP contribution in [0.4, 0.5) is 10.5 Å². The second-order valence-corrected chi connectivity index (χ2v) is 19.5. The van der Waals surface area contributed by atoms with Gasteiger partial charge in [0.05, 0.1) is 23.9 Å². The maximum absolute atomic E-state index is 12.1. The van der Waals surface area contributed by atoms with Gasteiger partial charge in [-0.25, -0.2) is 4.79 Å². The second-order valence-electron chi connectivity index (χ2n) is 14.7. The molecule has 1 atom stereocenters. The zero-order chi connectivity index (χ0) is 37.8. The van der Waals surface area contributed by atoms with Crippen LogP contribution in [0.1, 0.15) is 50.0 Å². The fourth-order valence-electron chi connectivity index (χ4n) is 6.01. The molecule has 1 unspecified atom stereocenters. The Morgan fingerprint density at radius 2 is 1.75 bits per heavy atom. The fourth-order valence-corrected chi connectivity index (χ4v) is 7.29. The minimum atomic E-state index is -2.21. The van der Waals surface area contributed by atoms with Crippen molar-refractivity contribution in [2.75, 3.05) is 11.9 Å². The highest BCUT2D eigenvalue weighted by atomic mass is 28.4. The molecule has 0 saturated heterocycles. The van der Waals surface area contributed by atoms with Crippen molar-refractivity contribution < 1.29 is 19.4 Å². The summed E-state index contributed by atoms with van der Waals surface area (Å²) in [4.78, 5) is 28.0. The Hall–Kier alpha value is -5.56. The van der Waals surface area contributed by atoms with Crippen LogP contribution in [0.25, 0.3) is 39.1 Å². The zero-order valence-electron chi connectivity index (χ0n) is 30.7. The number of aromatic nitrogens is 4. The van der Waals surface area contributed by atoms with Crippen LogP contribution in [0.5, 0.6) is 5.75 Å².